The van der Waals surface area contributed by atoms with E-state index in [9.17, 15) is 18.8 Å². The number of hydrogen-bond donors (Lipinski definition) is 2. The van der Waals surface area contributed by atoms with Crippen molar-refractivity contribution in [3.8, 4) is 0 Å². The summed E-state index contributed by atoms with van der Waals surface area (Å²) in [5, 5.41) is 4.78. The van der Waals surface area contributed by atoms with Crippen LogP contribution in [0.5, 0.6) is 0 Å². The van der Waals surface area contributed by atoms with Gasteiger partial charge in [0.1, 0.15) is 11.4 Å². The number of carbonyl (C=O) groups is 3. The number of halogens is 1. The van der Waals surface area contributed by atoms with Gasteiger partial charge in [0.05, 0.1) is 6.54 Å². The lowest BCUT2D eigenvalue weighted by Gasteiger charge is -2.21. The van der Waals surface area contributed by atoms with E-state index in [1.807, 2.05) is 0 Å². The fraction of sp³-hybridized carbons (Fsp3) is 0.357. The Hall–Kier alpha value is -2.44. The standard InChI is InChI=1S/C14H14FN3O3/c1-8-6-9(15)2-3-10(8)11(19)18-5-4-14(7-18)12(20)16-13(21)17-14/h2-3,6H,4-5,7H2,1H3,(H2,16,17,20,21). The molecule has 0 saturated carbocycles. The molecule has 110 valence electrons. The third-order valence-electron chi connectivity index (χ3n) is 3.99. The average Bonchev–Trinajstić information content (AvgIpc) is 2.94. The van der Waals surface area contributed by atoms with Crippen molar-refractivity contribution < 1.29 is 18.8 Å². The van der Waals surface area contributed by atoms with Crippen LogP contribution < -0.4 is 10.6 Å². The van der Waals surface area contributed by atoms with E-state index >= 15 is 0 Å². The van der Waals surface area contributed by atoms with Crippen LogP contribution >= 0.6 is 0 Å². The summed E-state index contributed by atoms with van der Waals surface area (Å²) in [6, 6.07) is 3.43. The molecule has 21 heavy (non-hydrogen) atoms. The number of nitrogens with one attached hydrogen (secondary N) is 2. The molecule has 1 spiro atoms. The molecule has 1 atom stereocenters. The molecule has 2 aliphatic rings. The molecule has 2 N–H and O–H groups in total. The summed E-state index contributed by atoms with van der Waals surface area (Å²) in [4.78, 5) is 37.1. The van der Waals surface area contributed by atoms with E-state index < -0.39 is 23.3 Å². The number of rotatable bonds is 1. The first-order chi connectivity index (χ1) is 9.91. The van der Waals surface area contributed by atoms with Gasteiger partial charge in [-0.2, -0.15) is 0 Å². The number of carbonyl (C=O) groups excluding carboxylic acids is 3. The normalized spacial score (nSPS) is 24.4. The van der Waals surface area contributed by atoms with Crippen LogP contribution in [0.1, 0.15) is 22.3 Å². The van der Waals surface area contributed by atoms with Crippen LogP contribution in [0.2, 0.25) is 0 Å². The molecule has 0 aromatic heterocycles. The molecule has 0 aliphatic carbocycles. The molecule has 2 saturated heterocycles. The number of hydrogen-bond acceptors (Lipinski definition) is 3. The maximum absolute atomic E-state index is 13.1. The van der Waals surface area contributed by atoms with Gasteiger partial charge in [-0.15, -0.1) is 0 Å². The quantitative estimate of drug-likeness (QED) is 0.742. The zero-order chi connectivity index (χ0) is 15.2. The summed E-state index contributed by atoms with van der Waals surface area (Å²) in [6.45, 7) is 2.15. The van der Waals surface area contributed by atoms with Crippen molar-refractivity contribution in [2.45, 2.75) is 18.9 Å². The minimum Gasteiger partial charge on any atom is -0.336 e. The molecule has 7 heteroatoms. The number of nitrogens with zero attached hydrogens (tertiary/aromatic N) is 1. The van der Waals surface area contributed by atoms with Crippen LogP contribution in [0, 0.1) is 12.7 Å². The Morgan fingerprint density at radius 3 is 2.76 bits per heavy atom. The van der Waals surface area contributed by atoms with Gasteiger partial charge in [0.15, 0.2) is 0 Å². The first-order valence-electron chi connectivity index (χ1n) is 6.60. The second-order valence-corrected chi connectivity index (χ2v) is 5.43. The van der Waals surface area contributed by atoms with Crippen LogP contribution in [-0.2, 0) is 4.79 Å². The molecule has 1 aromatic rings. The molecule has 0 bridgehead atoms. The molecule has 6 nitrogen and oxygen atoms in total. The second-order valence-electron chi connectivity index (χ2n) is 5.43. The predicted octanol–water partition coefficient (Wildman–Crippen LogP) is 0.558. The van der Waals surface area contributed by atoms with Crippen LogP contribution in [-0.4, -0.2) is 41.4 Å². The van der Waals surface area contributed by atoms with Gasteiger partial charge in [0, 0.05) is 12.1 Å². The minimum atomic E-state index is -1.03. The molecule has 2 fully saturated rings. The topological polar surface area (TPSA) is 78.5 Å². The number of imide groups is 1. The maximum Gasteiger partial charge on any atom is 0.322 e. The largest absolute Gasteiger partial charge is 0.336 e. The average molecular weight is 291 g/mol. The van der Waals surface area contributed by atoms with Crippen molar-refractivity contribution in [1.82, 2.24) is 15.5 Å². The second kappa shape index (κ2) is 4.54. The van der Waals surface area contributed by atoms with Gasteiger partial charge in [0.2, 0.25) is 0 Å². The van der Waals surface area contributed by atoms with E-state index in [1.54, 1.807) is 6.92 Å². The minimum absolute atomic E-state index is 0.125. The zero-order valence-corrected chi connectivity index (χ0v) is 11.4. The summed E-state index contributed by atoms with van der Waals surface area (Å²) in [5.41, 5.74) is -0.0835. The van der Waals surface area contributed by atoms with E-state index in [2.05, 4.69) is 10.6 Å². The molecule has 0 radical (unpaired) electrons. The van der Waals surface area contributed by atoms with Gasteiger partial charge in [-0.05, 0) is 37.1 Å². The smallest absolute Gasteiger partial charge is 0.322 e. The highest BCUT2D eigenvalue weighted by Gasteiger charge is 2.51. The Balaban J connectivity index is 1.82. The third-order valence-corrected chi connectivity index (χ3v) is 3.99. The Kier molecular flexibility index (Phi) is 2.93. The molecular weight excluding hydrogens is 277 g/mol. The predicted molar refractivity (Wildman–Crippen MR) is 71.1 cm³/mol. The molecule has 1 unspecified atom stereocenters. The summed E-state index contributed by atoms with van der Waals surface area (Å²) >= 11 is 0. The summed E-state index contributed by atoms with van der Waals surface area (Å²) in [6.07, 6.45) is 0.372. The van der Waals surface area contributed by atoms with Crippen LogP contribution in [0.3, 0.4) is 0 Å². The highest BCUT2D eigenvalue weighted by Crippen LogP contribution is 2.26. The van der Waals surface area contributed by atoms with Crippen molar-refractivity contribution in [3.63, 3.8) is 0 Å². The Labute approximate surface area is 120 Å². The van der Waals surface area contributed by atoms with E-state index in [-0.39, 0.29) is 12.5 Å². The van der Waals surface area contributed by atoms with Gasteiger partial charge < -0.3 is 10.2 Å². The van der Waals surface area contributed by atoms with E-state index in [1.165, 1.54) is 23.1 Å². The fourth-order valence-electron chi connectivity index (χ4n) is 2.84. The summed E-state index contributed by atoms with van der Waals surface area (Å²) in [5.74, 6) is -1.07. The Morgan fingerprint density at radius 1 is 1.38 bits per heavy atom. The van der Waals surface area contributed by atoms with E-state index in [4.69, 9.17) is 0 Å². The van der Waals surface area contributed by atoms with Crippen LogP contribution in [0.25, 0.3) is 0 Å². The third kappa shape index (κ3) is 2.14. The summed E-state index contributed by atoms with van der Waals surface area (Å²) < 4.78 is 13.1. The van der Waals surface area contributed by atoms with Gasteiger partial charge in [-0.1, -0.05) is 0 Å². The first-order valence-corrected chi connectivity index (χ1v) is 6.60. The SMILES string of the molecule is Cc1cc(F)ccc1C(=O)N1CCC2(C1)NC(=O)NC2=O. The fourth-order valence-corrected chi connectivity index (χ4v) is 2.84. The molecular formula is C14H14FN3O3. The van der Waals surface area contributed by atoms with E-state index in [0.717, 1.165) is 0 Å². The number of likely N-dealkylation sites (tertiary alicyclic amines) is 1. The molecule has 2 heterocycles. The highest BCUT2D eigenvalue weighted by molar-refractivity contribution is 6.08. The molecule has 2 aliphatic heterocycles. The van der Waals surface area contributed by atoms with Crippen molar-refractivity contribution >= 4 is 17.8 Å². The number of urea groups is 1. The van der Waals surface area contributed by atoms with Crippen molar-refractivity contribution in [1.29, 1.82) is 0 Å². The lowest BCUT2D eigenvalue weighted by Crippen LogP contribution is -2.49. The zero-order valence-electron chi connectivity index (χ0n) is 11.4. The summed E-state index contributed by atoms with van der Waals surface area (Å²) in [7, 11) is 0. The van der Waals surface area contributed by atoms with Gasteiger partial charge in [0.25, 0.3) is 11.8 Å². The van der Waals surface area contributed by atoms with Crippen molar-refractivity contribution in [3.05, 3.63) is 35.1 Å². The monoisotopic (exact) mass is 291 g/mol. The van der Waals surface area contributed by atoms with Crippen LogP contribution in [0.4, 0.5) is 9.18 Å². The van der Waals surface area contributed by atoms with E-state index in [0.29, 0.717) is 24.1 Å². The lowest BCUT2D eigenvalue weighted by atomic mass is 9.99. The molecule has 3 rings (SSSR count). The van der Waals surface area contributed by atoms with Gasteiger partial charge in [-0.3, -0.25) is 14.9 Å². The molecule has 4 amide bonds. The Morgan fingerprint density at radius 2 is 2.14 bits per heavy atom. The molecule has 1 aromatic carbocycles. The van der Waals surface area contributed by atoms with Gasteiger partial charge >= 0.3 is 6.03 Å². The van der Waals surface area contributed by atoms with Gasteiger partial charge in [-0.25, -0.2) is 9.18 Å². The van der Waals surface area contributed by atoms with Crippen molar-refractivity contribution in [2.24, 2.45) is 0 Å². The van der Waals surface area contributed by atoms with Crippen LogP contribution in [0.15, 0.2) is 18.2 Å². The number of aryl methyl sites for hydroxylation is 1. The number of benzene rings is 1. The van der Waals surface area contributed by atoms with Crippen molar-refractivity contribution in [2.75, 3.05) is 13.1 Å². The lowest BCUT2D eigenvalue weighted by molar-refractivity contribution is -0.123. The Bertz CT molecular complexity index is 661. The first kappa shape index (κ1) is 13.5. The number of amides is 4. The maximum atomic E-state index is 13.1. The highest BCUT2D eigenvalue weighted by atomic mass is 19.1.